The van der Waals surface area contributed by atoms with Crippen LogP contribution in [0.1, 0.15) is 37.4 Å². The molecule has 19 heavy (non-hydrogen) atoms. The molecule has 0 saturated heterocycles. The number of rotatable bonds is 2. The van der Waals surface area contributed by atoms with Crippen LogP contribution < -0.4 is 5.32 Å². The number of aryl methyl sites for hydroxylation is 1. The zero-order valence-corrected chi connectivity index (χ0v) is 10.6. The van der Waals surface area contributed by atoms with Gasteiger partial charge in [-0.15, -0.1) is 0 Å². The van der Waals surface area contributed by atoms with E-state index < -0.39 is 0 Å². The van der Waals surface area contributed by atoms with Crippen LogP contribution >= 0.6 is 0 Å². The standard InChI is InChI=1S/C16H13NO2/c1-10-5-7-11(8-6-10)9-12-3-2-4-13-14(12)16(19)17-15(13)18/h2-8H,9H2,1H3,(H,17,18,19). The van der Waals surface area contributed by atoms with E-state index in [1.807, 2.05) is 43.3 Å². The molecule has 0 aromatic heterocycles. The number of carbonyl (C=O) groups excluding carboxylic acids is 2. The topological polar surface area (TPSA) is 46.2 Å². The second kappa shape index (κ2) is 4.35. The Morgan fingerprint density at radius 1 is 0.947 bits per heavy atom. The fraction of sp³-hybridized carbons (Fsp3) is 0.125. The van der Waals surface area contributed by atoms with E-state index in [0.29, 0.717) is 17.5 Å². The Morgan fingerprint density at radius 2 is 1.68 bits per heavy atom. The van der Waals surface area contributed by atoms with Gasteiger partial charge in [0.15, 0.2) is 0 Å². The number of imide groups is 1. The van der Waals surface area contributed by atoms with Crippen LogP contribution in [0.5, 0.6) is 0 Å². The summed E-state index contributed by atoms with van der Waals surface area (Å²) in [5.74, 6) is -0.589. The molecule has 1 aliphatic heterocycles. The molecule has 3 heteroatoms. The summed E-state index contributed by atoms with van der Waals surface area (Å²) in [7, 11) is 0. The van der Waals surface area contributed by atoms with Crippen LogP contribution in [-0.4, -0.2) is 11.8 Å². The summed E-state index contributed by atoms with van der Waals surface area (Å²) in [6.45, 7) is 2.04. The van der Waals surface area contributed by atoms with Gasteiger partial charge >= 0.3 is 0 Å². The van der Waals surface area contributed by atoms with Gasteiger partial charge in [0.25, 0.3) is 11.8 Å². The maximum Gasteiger partial charge on any atom is 0.259 e. The third kappa shape index (κ3) is 2.03. The van der Waals surface area contributed by atoms with Gasteiger partial charge in [-0.3, -0.25) is 14.9 Å². The minimum absolute atomic E-state index is 0.289. The fourth-order valence-electron chi connectivity index (χ4n) is 2.36. The molecule has 0 saturated carbocycles. The van der Waals surface area contributed by atoms with E-state index in [0.717, 1.165) is 11.1 Å². The van der Waals surface area contributed by atoms with Crippen molar-refractivity contribution in [1.82, 2.24) is 5.32 Å². The van der Waals surface area contributed by atoms with Crippen LogP contribution in [0.4, 0.5) is 0 Å². The SMILES string of the molecule is Cc1ccc(Cc2cccc3c2C(=O)NC3=O)cc1. The van der Waals surface area contributed by atoms with E-state index in [1.54, 1.807) is 6.07 Å². The van der Waals surface area contributed by atoms with Gasteiger partial charge in [0.05, 0.1) is 11.1 Å². The molecular formula is C16H13NO2. The average molecular weight is 251 g/mol. The second-order valence-corrected chi connectivity index (χ2v) is 4.79. The first kappa shape index (κ1) is 11.7. The first-order valence-electron chi connectivity index (χ1n) is 6.18. The van der Waals surface area contributed by atoms with Crippen molar-refractivity contribution in [3.63, 3.8) is 0 Å². The molecule has 1 aliphatic rings. The highest BCUT2D eigenvalue weighted by molar-refractivity contribution is 6.22. The predicted molar refractivity (Wildman–Crippen MR) is 72.2 cm³/mol. The maximum absolute atomic E-state index is 11.8. The third-order valence-electron chi connectivity index (χ3n) is 3.36. The van der Waals surface area contributed by atoms with Gasteiger partial charge in [-0.25, -0.2) is 0 Å². The van der Waals surface area contributed by atoms with Crippen LogP contribution in [-0.2, 0) is 6.42 Å². The summed E-state index contributed by atoms with van der Waals surface area (Å²) < 4.78 is 0. The minimum Gasteiger partial charge on any atom is -0.288 e. The molecule has 0 aliphatic carbocycles. The Bertz CT molecular complexity index is 672. The summed E-state index contributed by atoms with van der Waals surface area (Å²) in [5, 5.41) is 2.34. The second-order valence-electron chi connectivity index (χ2n) is 4.79. The lowest BCUT2D eigenvalue weighted by atomic mass is 9.96. The smallest absolute Gasteiger partial charge is 0.259 e. The summed E-state index contributed by atoms with van der Waals surface area (Å²) >= 11 is 0. The van der Waals surface area contributed by atoms with Crippen LogP contribution in [0.3, 0.4) is 0 Å². The van der Waals surface area contributed by atoms with Crippen molar-refractivity contribution >= 4 is 11.8 Å². The zero-order valence-electron chi connectivity index (χ0n) is 10.6. The van der Waals surface area contributed by atoms with Crippen molar-refractivity contribution in [3.8, 4) is 0 Å². The van der Waals surface area contributed by atoms with E-state index >= 15 is 0 Å². The van der Waals surface area contributed by atoms with Gasteiger partial charge in [0.2, 0.25) is 0 Å². The molecule has 0 bridgehead atoms. The van der Waals surface area contributed by atoms with E-state index in [1.165, 1.54) is 5.56 Å². The molecule has 94 valence electrons. The highest BCUT2D eigenvalue weighted by Crippen LogP contribution is 2.22. The highest BCUT2D eigenvalue weighted by Gasteiger charge is 2.28. The Labute approximate surface area is 111 Å². The first-order valence-corrected chi connectivity index (χ1v) is 6.18. The number of fused-ring (bicyclic) bond motifs is 1. The Hall–Kier alpha value is -2.42. The summed E-state index contributed by atoms with van der Waals surface area (Å²) in [6, 6.07) is 13.6. The number of carbonyl (C=O) groups is 2. The number of amides is 2. The Balaban J connectivity index is 2.01. The van der Waals surface area contributed by atoms with Gasteiger partial charge in [0.1, 0.15) is 0 Å². The molecule has 2 aromatic carbocycles. The van der Waals surface area contributed by atoms with Gasteiger partial charge in [-0.1, -0.05) is 42.0 Å². The largest absolute Gasteiger partial charge is 0.288 e. The Morgan fingerprint density at radius 3 is 2.42 bits per heavy atom. The van der Waals surface area contributed by atoms with E-state index in [2.05, 4.69) is 5.32 Å². The number of benzene rings is 2. The molecule has 0 unspecified atom stereocenters. The summed E-state index contributed by atoms with van der Waals surface area (Å²) in [5.41, 5.74) is 4.23. The lowest BCUT2D eigenvalue weighted by Crippen LogP contribution is -2.20. The summed E-state index contributed by atoms with van der Waals surface area (Å²) in [6.07, 6.45) is 0.657. The van der Waals surface area contributed by atoms with Gasteiger partial charge in [-0.05, 0) is 30.5 Å². The van der Waals surface area contributed by atoms with Crippen molar-refractivity contribution in [2.45, 2.75) is 13.3 Å². The van der Waals surface area contributed by atoms with Crippen molar-refractivity contribution in [1.29, 1.82) is 0 Å². The normalized spacial score (nSPS) is 13.3. The molecule has 2 aromatic rings. The number of nitrogens with one attached hydrogen (secondary N) is 1. The van der Waals surface area contributed by atoms with Gasteiger partial charge < -0.3 is 0 Å². The van der Waals surface area contributed by atoms with Crippen molar-refractivity contribution in [2.75, 3.05) is 0 Å². The first-order chi connectivity index (χ1) is 9.15. The van der Waals surface area contributed by atoms with Gasteiger partial charge in [-0.2, -0.15) is 0 Å². The van der Waals surface area contributed by atoms with E-state index in [-0.39, 0.29) is 11.8 Å². The minimum atomic E-state index is -0.300. The van der Waals surface area contributed by atoms with Crippen LogP contribution in [0, 0.1) is 6.92 Å². The molecule has 2 amide bonds. The van der Waals surface area contributed by atoms with E-state index in [9.17, 15) is 9.59 Å². The Kier molecular flexibility index (Phi) is 2.67. The molecule has 0 radical (unpaired) electrons. The predicted octanol–water partition coefficient (Wildman–Crippen LogP) is 2.47. The number of hydrogen-bond acceptors (Lipinski definition) is 2. The average Bonchev–Trinajstić information content (AvgIpc) is 2.69. The fourth-order valence-corrected chi connectivity index (χ4v) is 2.36. The molecule has 0 fully saturated rings. The molecule has 1 heterocycles. The number of hydrogen-bond donors (Lipinski definition) is 1. The molecular weight excluding hydrogens is 238 g/mol. The van der Waals surface area contributed by atoms with Crippen LogP contribution in [0.2, 0.25) is 0 Å². The molecule has 3 rings (SSSR count). The quantitative estimate of drug-likeness (QED) is 0.833. The maximum atomic E-state index is 11.8. The lowest BCUT2D eigenvalue weighted by molar-refractivity contribution is 0.0879. The molecule has 3 nitrogen and oxygen atoms in total. The molecule has 0 spiro atoms. The van der Waals surface area contributed by atoms with Crippen LogP contribution in [0.25, 0.3) is 0 Å². The van der Waals surface area contributed by atoms with Crippen molar-refractivity contribution in [3.05, 3.63) is 70.3 Å². The summed E-state index contributed by atoms with van der Waals surface area (Å²) in [4.78, 5) is 23.4. The molecule has 1 N–H and O–H groups in total. The van der Waals surface area contributed by atoms with Crippen LogP contribution in [0.15, 0.2) is 42.5 Å². The monoisotopic (exact) mass is 251 g/mol. The van der Waals surface area contributed by atoms with Crippen molar-refractivity contribution < 1.29 is 9.59 Å². The highest BCUT2D eigenvalue weighted by atomic mass is 16.2. The lowest BCUT2D eigenvalue weighted by Gasteiger charge is -2.06. The molecule has 0 atom stereocenters. The zero-order chi connectivity index (χ0) is 13.4. The third-order valence-corrected chi connectivity index (χ3v) is 3.36. The van der Waals surface area contributed by atoms with Crippen molar-refractivity contribution in [2.24, 2.45) is 0 Å². The van der Waals surface area contributed by atoms with E-state index in [4.69, 9.17) is 0 Å². The van der Waals surface area contributed by atoms with Gasteiger partial charge in [0, 0.05) is 0 Å².